The van der Waals surface area contributed by atoms with E-state index in [9.17, 15) is 8.42 Å². The summed E-state index contributed by atoms with van der Waals surface area (Å²) in [6, 6.07) is 2.28. The minimum Gasteiger partial charge on any atom is -0.311 e. The first-order valence-electron chi connectivity index (χ1n) is 6.62. The summed E-state index contributed by atoms with van der Waals surface area (Å²) in [5.41, 5.74) is 1.51. The summed E-state index contributed by atoms with van der Waals surface area (Å²) in [6.07, 6.45) is 4.45. The maximum atomic E-state index is 11.5. The standard InChI is InChI=1S/C13H21NO2S2/c1-2-7-18(15,16)8-6-14-10-12-9-11-4-3-5-13(11)17-12/h9,14H,2-8,10H2,1H3. The fraction of sp³-hybridized carbons (Fsp3) is 0.692. The molecule has 0 fully saturated rings. The summed E-state index contributed by atoms with van der Waals surface area (Å²) in [5.74, 6) is 0.563. The Kier molecular flexibility index (Phi) is 4.81. The van der Waals surface area contributed by atoms with E-state index in [2.05, 4.69) is 11.4 Å². The largest absolute Gasteiger partial charge is 0.311 e. The van der Waals surface area contributed by atoms with Crippen LogP contribution in [0, 0.1) is 0 Å². The van der Waals surface area contributed by atoms with Crippen LogP contribution in [0.15, 0.2) is 6.07 Å². The molecule has 1 aliphatic rings. The van der Waals surface area contributed by atoms with Crippen molar-refractivity contribution in [2.24, 2.45) is 0 Å². The van der Waals surface area contributed by atoms with Crippen molar-refractivity contribution in [2.45, 2.75) is 39.2 Å². The normalized spacial score (nSPS) is 14.9. The van der Waals surface area contributed by atoms with Crippen molar-refractivity contribution < 1.29 is 8.42 Å². The number of rotatable bonds is 7. The molecular weight excluding hydrogens is 266 g/mol. The van der Waals surface area contributed by atoms with Gasteiger partial charge in [0.1, 0.15) is 0 Å². The number of nitrogens with one attached hydrogen (secondary N) is 1. The molecule has 1 aliphatic carbocycles. The van der Waals surface area contributed by atoms with E-state index in [1.807, 2.05) is 18.3 Å². The summed E-state index contributed by atoms with van der Waals surface area (Å²) in [6.45, 7) is 3.27. The third kappa shape index (κ3) is 3.80. The van der Waals surface area contributed by atoms with E-state index in [4.69, 9.17) is 0 Å². The molecule has 0 aromatic carbocycles. The molecule has 1 aromatic rings. The molecule has 1 N–H and O–H groups in total. The van der Waals surface area contributed by atoms with Crippen LogP contribution in [0.4, 0.5) is 0 Å². The fourth-order valence-corrected chi connectivity index (χ4v) is 4.84. The molecule has 3 nitrogen and oxygen atoms in total. The Morgan fingerprint density at radius 2 is 2.17 bits per heavy atom. The van der Waals surface area contributed by atoms with Gasteiger partial charge in [-0.1, -0.05) is 6.92 Å². The first kappa shape index (κ1) is 14.0. The van der Waals surface area contributed by atoms with Gasteiger partial charge in [-0.15, -0.1) is 11.3 Å². The average molecular weight is 287 g/mol. The lowest BCUT2D eigenvalue weighted by molar-refractivity contribution is 0.589. The van der Waals surface area contributed by atoms with Crippen molar-refractivity contribution in [2.75, 3.05) is 18.1 Å². The van der Waals surface area contributed by atoms with Gasteiger partial charge < -0.3 is 5.32 Å². The molecule has 0 amide bonds. The van der Waals surface area contributed by atoms with Crippen molar-refractivity contribution in [3.8, 4) is 0 Å². The van der Waals surface area contributed by atoms with Crippen LogP contribution in [-0.4, -0.2) is 26.5 Å². The second-order valence-corrected chi connectivity index (χ2v) is 8.37. The molecule has 102 valence electrons. The van der Waals surface area contributed by atoms with E-state index in [0.29, 0.717) is 18.7 Å². The third-order valence-corrected chi connectivity index (χ3v) is 6.30. The Morgan fingerprint density at radius 1 is 1.33 bits per heavy atom. The molecule has 0 radical (unpaired) electrons. The maximum absolute atomic E-state index is 11.5. The monoisotopic (exact) mass is 287 g/mol. The summed E-state index contributed by atoms with van der Waals surface area (Å²) >= 11 is 1.88. The average Bonchev–Trinajstić information content (AvgIpc) is 2.84. The highest BCUT2D eigenvalue weighted by molar-refractivity contribution is 7.91. The molecule has 0 saturated heterocycles. The van der Waals surface area contributed by atoms with Crippen molar-refractivity contribution in [1.82, 2.24) is 5.32 Å². The Hall–Kier alpha value is -0.390. The van der Waals surface area contributed by atoms with E-state index < -0.39 is 9.84 Å². The zero-order valence-corrected chi connectivity index (χ0v) is 12.5. The molecule has 5 heteroatoms. The summed E-state index contributed by atoms with van der Waals surface area (Å²) in [5, 5.41) is 3.24. The van der Waals surface area contributed by atoms with E-state index in [0.717, 1.165) is 6.54 Å². The second-order valence-electron chi connectivity index (χ2n) is 4.84. The Morgan fingerprint density at radius 3 is 2.89 bits per heavy atom. The van der Waals surface area contributed by atoms with E-state index in [1.54, 1.807) is 0 Å². The smallest absolute Gasteiger partial charge is 0.151 e. The highest BCUT2D eigenvalue weighted by atomic mass is 32.2. The molecule has 2 rings (SSSR count). The quantitative estimate of drug-likeness (QED) is 0.782. The van der Waals surface area contributed by atoms with Gasteiger partial charge >= 0.3 is 0 Å². The lowest BCUT2D eigenvalue weighted by Gasteiger charge is -2.04. The summed E-state index contributed by atoms with van der Waals surface area (Å²) in [4.78, 5) is 2.87. The number of thiophene rings is 1. The first-order chi connectivity index (χ1) is 8.61. The number of hydrogen-bond donors (Lipinski definition) is 1. The molecule has 0 unspecified atom stereocenters. The molecule has 0 atom stereocenters. The SMILES string of the molecule is CCCS(=O)(=O)CCNCc1cc2c(s1)CCC2. The molecule has 0 bridgehead atoms. The van der Waals surface area contributed by atoms with E-state index in [1.165, 1.54) is 34.6 Å². The fourth-order valence-electron chi connectivity index (χ4n) is 2.33. The van der Waals surface area contributed by atoms with Crippen LogP contribution in [0.2, 0.25) is 0 Å². The Balaban J connectivity index is 1.72. The van der Waals surface area contributed by atoms with Crippen molar-refractivity contribution in [3.05, 3.63) is 21.4 Å². The summed E-state index contributed by atoms with van der Waals surface area (Å²) < 4.78 is 23.0. The highest BCUT2D eigenvalue weighted by Gasteiger charge is 2.14. The van der Waals surface area contributed by atoms with Crippen LogP contribution in [0.5, 0.6) is 0 Å². The zero-order chi connectivity index (χ0) is 13.0. The van der Waals surface area contributed by atoms with Crippen LogP contribution in [0.3, 0.4) is 0 Å². The molecular formula is C13H21NO2S2. The summed E-state index contributed by atoms with van der Waals surface area (Å²) in [7, 11) is -2.84. The van der Waals surface area contributed by atoms with Crippen molar-refractivity contribution >= 4 is 21.2 Å². The lowest BCUT2D eigenvalue weighted by Crippen LogP contribution is -2.23. The van der Waals surface area contributed by atoms with E-state index in [-0.39, 0.29) is 5.75 Å². The number of fused-ring (bicyclic) bond motifs is 1. The van der Waals surface area contributed by atoms with Gasteiger partial charge in [-0.05, 0) is 37.3 Å². The first-order valence-corrected chi connectivity index (χ1v) is 9.26. The van der Waals surface area contributed by atoms with Crippen LogP contribution >= 0.6 is 11.3 Å². The lowest BCUT2D eigenvalue weighted by atomic mass is 10.2. The molecule has 0 spiro atoms. The molecule has 18 heavy (non-hydrogen) atoms. The number of sulfone groups is 1. The minimum absolute atomic E-state index is 0.256. The van der Waals surface area contributed by atoms with Gasteiger partial charge in [0.15, 0.2) is 9.84 Å². The van der Waals surface area contributed by atoms with Crippen LogP contribution in [-0.2, 0) is 29.2 Å². The van der Waals surface area contributed by atoms with Gasteiger partial charge in [0, 0.05) is 28.6 Å². The minimum atomic E-state index is -2.84. The highest BCUT2D eigenvalue weighted by Crippen LogP contribution is 2.30. The van der Waals surface area contributed by atoms with Crippen LogP contribution in [0.25, 0.3) is 0 Å². The zero-order valence-electron chi connectivity index (χ0n) is 10.9. The Labute approximate surface area is 114 Å². The van der Waals surface area contributed by atoms with Gasteiger partial charge in [-0.2, -0.15) is 0 Å². The number of hydrogen-bond acceptors (Lipinski definition) is 4. The maximum Gasteiger partial charge on any atom is 0.151 e. The van der Waals surface area contributed by atoms with Crippen LogP contribution in [0.1, 0.15) is 35.1 Å². The topological polar surface area (TPSA) is 46.2 Å². The predicted molar refractivity (Wildman–Crippen MR) is 77.0 cm³/mol. The van der Waals surface area contributed by atoms with Crippen molar-refractivity contribution in [3.63, 3.8) is 0 Å². The third-order valence-electron chi connectivity index (χ3n) is 3.20. The van der Waals surface area contributed by atoms with Gasteiger partial charge in [0.05, 0.1) is 5.75 Å². The molecule has 0 aliphatic heterocycles. The van der Waals surface area contributed by atoms with Gasteiger partial charge in [-0.25, -0.2) is 8.42 Å². The van der Waals surface area contributed by atoms with E-state index >= 15 is 0 Å². The predicted octanol–water partition coefficient (Wildman–Crippen LogP) is 2.15. The van der Waals surface area contributed by atoms with Crippen LogP contribution < -0.4 is 5.32 Å². The van der Waals surface area contributed by atoms with Gasteiger partial charge in [0.25, 0.3) is 0 Å². The van der Waals surface area contributed by atoms with Crippen molar-refractivity contribution in [1.29, 1.82) is 0 Å². The van der Waals surface area contributed by atoms with Gasteiger partial charge in [-0.3, -0.25) is 0 Å². The second kappa shape index (κ2) is 6.17. The Bertz CT molecular complexity index is 470. The molecule has 1 heterocycles. The molecule has 0 saturated carbocycles. The van der Waals surface area contributed by atoms with Gasteiger partial charge in [0.2, 0.25) is 0 Å². The molecule has 1 aromatic heterocycles. The number of aryl methyl sites for hydroxylation is 2.